The van der Waals surface area contributed by atoms with Crippen LogP contribution in [0.3, 0.4) is 0 Å². The molecule has 0 bridgehead atoms. The van der Waals surface area contributed by atoms with Crippen LogP contribution in [0.2, 0.25) is 0 Å². The molecule has 3 aromatic rings. The minimum atomic E-state index is -3.86. The van der Waals surface area contributed by atoms with Crippen molar-refractivity contribution in [2.45, 2.75) is 36.9 Å². The van der Waals surface area contributed by atoms with Gasteiger partial charge in [0.2, 0.25) is 10.0 Å². The maximum Gasteiger partial charge on any atom is 0.299 e. The Bertz CT molecular complexity index is 1390. The summed E-state index contributed by atoms with van der Waals surface area (Å²) in [4.78, 5) is 26.9. The Morgan fingerprint density at radius 2 is 1.69 bits per heavy atom. The van der Waals surface area contributed by atoms with E-state index in [2.05, 4.69) is 22.6 Å². The first-order chi connectivity index (χ1) is 17.3. The van der Waals surface area contributed by atoms with Crippen molar-refractivity contribution in [1.29, 1.82) is 0 Å². The molecular weight excluding hydrogens is 587 g/mol. The first-order valence-electron chi connectivity index (χ1n) is 11.7. The van der Waals surface area contributed by atoms with Gasteiger partial charge in [0.05, 0.1) is 35.9 Å². The van der Waals surface area contributed by atoms with Crippen molar-refractivity contribution in [2.75, 3.05) is 18.1 Å². The Kier molecular flexibility index (Phi) is 7.25. The average molecular weight is 612 g/mol. The van der Waals surface area contributed by atoms with Gasteiger partial charge in [-0.25, -0.2) is 8.42 Å². The van der Waals surface area contributed by atoms with E-state index in [1.54, 1.807) is 6.07 Å². The van der Waals surface area contributed by atoms with Crippen LogP contribution in [-0.2, 0) is 32.7 Å². The number of rotatable bonds is 8. The molecule has 186 valence electrons. The molecule has 0 unspecified atom stereocenters. The number of anilines is 1. The Hall–Kier alpha value is -2.60. The van der Waals surface area contributed by atoms with Gasteiger partial charge < -0.3 is 9.64 Å². The van der Waals surface area contributed by atoms with Gasteiger partial charge >= 0.3 is 0 Å². The lowest BCUT2D eigenvalue weighted by Gasteiger charge is -2.24. The number of ketones is 1. The molecule has 5 rings (SSSR count). The van der Waals surface area contributed by atoms with E-state index in [4.69, 9.17) is 4.74 Å². The Morgan fingerprint density at radius 1 is 0.944 bits per heavy atom. The zero-order chi connectivity index (χ0) is 25.3. The summed E-state index contributed by atoms with van der Waals surface area (Å²) in [6.45, 7) is 1.34. The molecule has 0 saturated carbocycles. The molecule has 0 radical (unpaired) electrons. The van der Waals surface area contributed by atoms with E-state index in [0.717, 1.165) is 21.1 Å². The van der Waals surface area contributed by atoms with Gasteiger partial charge in [0.15, 0.2) is 0 Å². The SMILES string of the molecule is O=C1C(=O)N(Cc2ccc([123I])cc2)c2ccc(S(=O)(=O)N3CCC[C@H]3COCc3ccccc3)cc21. The van der Waals surface area contributed by atoms with Gasteiger partial charge in [0.25, 0.3) is 11.7 Å². The van der Waals surface area contributed by atoms with Gasteiger partial charge in [-0.05, 0) is 76.9 Å². The van der Waals surface area contributed by atoms with Crippen LogP contribution in [0.15, 0.2) is 77.7 Å². The normalized spacial score (nSPS) is 18.1. The molecule has 1 amide bonds. The second-order valence-electron chi connectivity index (χ2n) is 8.94. The van der Waals surface area contributed by atoms with Crippen LogP contribution < -0.4 is 4.90 Å². The van der Waals surface area contributed by atoms with E-state index < -0.39 is 21.7 Å². The third kappa shape index (κ3) is 4.97. The van der Waals surface area contributed by atoms with Crippen LogP contribution in [-0.4, -0.2) is 43.6 Å². The molecule has 1 saturated heterocycles. The summed E-state index contributed by atoms with van der Waals surface area (Å²) in [5.74, 6) is -1.33. The Labute approximate surface area is 224 Å². The number of Topliss-reactive ketones (excluding diaryl/α,β-unsaturated/α-hetero) is 1. The maximum atomic E-state index is 13.5. The van der Waals surface area contributed by atoms with E-state index in [0.29, 0.717) is 31.9 Å². The van der Waals surface area contributed by atoms with Gasteiger partial charge in [-0.2, -0.15) is 4.31 Å². The summed E-state index contributed by atoms with van der Waals surface area (Å²) in [5.41, 5.74) is 2.48. The van der Waals surface area contributed by atoms with Crippen LogP contribution in [0.4, 0.5) is 5.69 Å². The fraction of sp³-hybridized carbons (Fsp3) is 0.259. The number of hydrogen-bond donors (Lipinski definition) is 0. The summed E-state index contributed by atoms with van der Waals surface area (Å²) in [5, 5.41) is 0. The van der Waals surface area contributed by atoms with Gasteiger partial charge in [0, 0.05) is 16.2 Å². The van der Waals surface area contributed by atoms with Crippen molar-refractivity contribution in [3.63, 3.8) is 0 Å². The molecule has 2 aliphatic heterocycles. The molecule has 7 nitrogen and oxygen atoms in total. The molecule has 2 aliphatic rings. The fourth-order valence-electron chi connectivity index (χ4n) is 4.68. The fourth-order valence-corrected chi connectivity index (χ4v) is 6.75. The number of carbonyl (C=O) groups excluding carboxylic acids is 2. The molecule has 9 heteroatoms. The van der Waals surface area contributed by atoms with E-state index in [9.17, 15) is 18.0 Å². The molecule has 0 aromatic heterocycles. The lowest BCUT2D eigenvalue weighted by atomic mass is 10.1. The van der Waals surface area contributed by atoms with E-state index in [1.807, 2.05) is 54.6 Å². The standard InChI is InChI=1S/C27H25IN2O5S/c28-21-10-8-19(9-11-21)16-29-25-13-12-23(15-24(25)26(31)27(29)32)36(33,34)30-14-4-7-22(30)18-35-17-20-5-2-1-3-6-20/h1-3,5-6,8-13,15,22H,4,7,14,16-18H2/t22-/m0/s1/i28-4. The molecule has 1 atom stereocenters. The number of amides is 1. The highest BCUT2D eigenvalue weighted by molar-refractivity contribution is 14.1. The largest absolute Gasteiger partial charge is 0.375 e. The van der Waals surface area contributed by atoms with Crippen molar-refractivity contribution in [1.82, 2.24) is 4.31 Å². The first kappa shape index (κ1) is 25.1. The average Bonchev–Trinajstić information content (AvgIpc) is 3.45. The Balaban J connectivity index is 1.33. The highest BCUT2D eigenvalue weighted by atomic mass is 123. The number of fused-ring (bicyclic) bond motifs is 1. The third-order valence-corrected chi connectivity index (χ3v) is 9.22. The van der Waals surface area contributed by atoms with Crippen LogP contribution in [0.25, 0.3) is 0 Å². The van der Waals surface area contributed by atoms with Gasteiger partial charge in [-0.1, -0.05) is 42.5 Å². The number of benzene rings is 3. The molecule has 2 heterocycles. The number of hydrogen-bond acceptors (Lipinski definition) is 5. The van der Waals surface area contributed by atoms with Crippen molar-refractivity contribution in [3.8, 4) is 0 Å². The quantitative estimate of drug-likeness (QED) is 0.279. The van der Waals surface area contributed by atoms with Crippen LogP contribution in [0.5, 0.6) is 0 Å². The molecule has 0 aliphatic carbocycles. The van der Waals surface area contributed by atoms with E-state index in [1.165, 1.54) is 21.3 Å². The molecule has 1 fully saturated rings. The number of ether oxygens (including phenoxy) is 1. The van der Waals surface area contributed by atoms with Crippen molar-refractivity contribution >= 4 is 50.0 Å². The molecular formula is C27H25IN2O5S. The van der Waals surface area contributed by atoms with Gasteiger partial charge in [-0.15, -0.1) is 0 Å². The highest BCUT2D eigenvalue weighted by Crippen LogP contribution is 2.34. The van der Waals surface area contributed by atoms with Gasteiger partial charge in [0.1, 0.15) is 0 Å². The molecule has 0 N–H and O–H groups in total. The summed E-state index contributed by atoms with van der Waals surface area (Å²) in [7, 11) is -3.86. The minimum absolute atomic E-state index is 0.0217. The monoisotopic (exact) mass is 612 g/mol. The summed E-state index contributed by atoms with van der Waals surface area (Å²) >= 11 is 2.20. The van der Waals surface area contributed by atoms with Crippen molar-refractivity contribution in [3.05, 3.63) is 93.1 Å². The second-order valence-corrected chi connectivity index (χ2v) is 12.1. The van der Waals surface area contributed by atoms with Crippen LogP contribution >= 0.6 is 22.6 Å². The van der Waals surface area contributed by atoms with E-state index in [-0.39, 0.29) is 23.0 Å². The zero-order valence-electron chi connectivity index (χ0n) is 19.5. The smallest absolute Gasteiger partial charge is 0.299 e. The highest BCUT2D eigenvalue weighted by Gasteiger charge is 2.39. The summed E-state index contributed by atoms with van der Waals surface area (Å²) < 4.78 is 35.4. The van der Waals surface area contributed by atoms with Crippen molar-refractivity contribution in [2.24, 2.45) is 0 Å². The van der Waals surface area contributed by atoms with Crippen LogP contribution in [0, 0.1) is 3.57 Å². The predicted molar refractivity (Wildman–Crippen MR) is 144 cm³/mol. The maximum absolute atomic E-state index is 13.5. The third-order valence-electron chi connectivity index (χ3n) is 6.55. The minimum Gasteiger partial charge on any atom is -0.375 e. The second kappa shape index (κ2) is 10.4. The number of carbonyl (C=O) groups is 2. The number of nitrogens with zero attached hydrogens (tertiary/aromatic N) is 2. The molecule has 3 aromatic carbocycles. The lowest BCUT2D eigenvalue weighted by Crippen LogP contribution is -2.38. The first-order valence-corrected chi connectivity index (χ1v) is 14.2. The molecule has 36 heavy (non-hydrogen) atoms. The van der Waals surface area contributed by atoms with E-state index >= 15 is 0 Å². The lowest BCUT2D eigenvalue weighted by molar-refractivity contribution is -0.114. The molecule has 0 spiro atoms. The van der Waals surface area contributed by atoms with Crippen LogP contribution in [0.1, 0.15) is 34.3 Å². The number of sulfonamides is 1. The summed E-state index contributed by atoms with van der Waals surface area (Å²) in [6, 6.07) is 21.5. The van der Waals surface area contributed by atoms with Gasteiger partial charge in [-0.3, -0.25) is 9.59 Å². The topological polar surface area (TPSA) is 84.0 Å². The van der Waals surface area contributed by atoms with Crippen molar-refractivity contribution < 1.29 is 22.7 Å². The Morgan fingerprint density at radius 3 is 2.44 bits per heavy atom. The summed E-state index contributed by atoms with van der Waals surface area (Å²) in [6.07, 6.45) is 1.45. The predicted octanol–water partition coefficient (Wildman–Crippen LogP) is 4.39. The number of halogens is 1. The zero-order valence-corrected chi connectivity index (χ0v) is 22.4.